The summed E-state index contributed by atoms with van der Waals surface area (Å²) in [5.41, 5.74) is 4.86. The molecule has 98 valence electrons. The van der Waals surface area contributed by atoms with Crippen LogP contribution >= 0.6 is 0 Å². The SMILES string of the molecule is Cc1cccc(N2CC3(CC3)CNCC2C)c1C. The average Bonchev–Trinajstić information content (AvgIpc) is 3.12. The van der Waals surface area contributed by atoms with Gasteiger partial charge in [0.1, 0.15) is 0 Å². The summed E-state index contributed by atoms with van der Waals surface area (Å²) in [7, 11) is 0. The lowest BCUT2D eigenvalue weighted by molar-refractivity contribution is 0.500. The third kappa shape index (κ3) is 2.03. The Morgan fingerprint density at radius 2 is 2.06 bits per heavy atom. The lowest BCUT2D eigenvalue weighted by atomic mass is 10.0. The normalized spacial score (nSPS) is 26.2. The quantitative estimate of drug-likeness (QED) is 0.817. The molecule has 1 aromatic rings. The van der Waals surface area contributed by atoms with E-state index in [0.29, 0.717) is 11.5 Å². The van der Waals surface area contributed by atoms with E-state index in [-0.39, 0.29) is 0 Å². The van der Waals surface area contributed by atoms with Gasteiger partial charge in [-0.2, -0.15) is 0 Å². The van der Waals surface area contributed by atoms with Gasteiger partial charge in [0.15, 0.2) is 0 Å². The standard InChI is InChI=1S/C16H24N2/c1-12-5-4-6-15(14(12)3)18-11-16(7-8-16)10-17-9-13(18)2/h4-6,13,17H,7-11H2,1-3H3. The number of hydrogen-bond acceptors (Lipinski definition) is 2. The van der Waals surface area contributed by atoms with Gasteiger partial charge in [-0.05, 0) is 50.8 Å². The Hall–Kier alpha value is -1.02. The van der Waals surface area contributed by atoms with Crippen LogP contribution in [0.25, 0.3) is 0 Å². The Labute approximate surface area is 110 Å². The minimum atomic E-state index is 0.570. The van der Waals surface area contributed by atoms with E-state index >= 15 is 0 Å². The van der Waals surface area contributed by atoms with Gasteiger partial charge < -0.3 is 10.2 Å². The Kier molecular flexibility index (Phi) is 2.86. The first-order valence-corrected chi connectivity index (χ1v) is 7.15. The van der Waals surface area contributed by atoms with Crippen molar-refractivity contribution in [3.8, 4) is 0 Å². The van der Waals surface area contributed by atoms with Crippen LogP contribution < -0.4 is 10.2 Å². The van der Waals surface area contributed by atoms with E-state index in [1.165, 1.54) is 42.7 Å². The van der Waals surface area contributed by atoms with Crippen LogP contribution in [0.2, 0.25) is 0 Å². The van der Waals surface area contributed by atoms with E-state index in [4.69, 9.17) is 0 Å². The molecule has 18 heavy (non-hydrogen) atoms. The number of aryl methyl sites for hydroxylation is 1. The smallest absolute Gasteiger partial charge is 0.0401 e. The van der Waals surface area contributed by atoms with Gasteiger partial charge in [0.05, 0.1) is 0 Å². The lowest BCUT2D eigenvalue weighted by Crippen LogP contribution is -2.39. The maximum atomic E-state index is 3.64. The van der Waals surface area contributed by atoms with Gasteiger partial charge in [0.2, 0.25) is 0 Å². The molecule has 0 radical (unpaired) electrons. The van der Waals surface area contributed by atoms with Crippen molar-refractivity contribution in [3.63, 3.8) is 0 Å². The molecule has 1 N–H and O–H groups in total. The molecule has 3 rings (SSSR count). The molecule has 2 fully saturated rings. The molecule has 1 aliphatic carbocycles. The van der Waals surface area contributed by atoms with Crippen molar-refractivity contribution in [2.45, 2.75) is 39.7 Å². The van der Waals surface area contributed by atoms with Crippen LogP contribution in [-0.2, 0) is 0 Å². The van der Waals surface area contributed by atoms with E-state index in [2.05, 4.69) is 49.2 Å². The number of hydrogen-bond donors (Lipinski definition) is 1. The molecule has 2 heteroatoms. The fourth-order valence-electron chi connectivity index (χ4n) is 3.11. The maximum Gasteiger partial charge on any atom is 0.0401 e. The fourth-order valence-corrected chi connectivity index (χ4v) is 3.11. The molecular weight excluding hydrogens is 220 g/mol. The predicted molar refractivity (Wildman–Crippen MR) is 77.3 cm³/mol. The second-order valence-electron chi connectivity index (χ2n) is 6.33. The van der Waals surface area contributed by atoms with Gasteiger partial charge in [0, 0.05) is 36.8 Å². The Morgan fingerprint density at radius 1 is 1.28 bits per heavy atom. The van der Waals surface area contributed by atoms with E-state index in [9.17, 15) is 0 Å². The summed E-state index contributed by atoms with van der Waals surface area (Å²) in [6, 6.07) is 7.29. The third-order valence-corrected chi connectivity index (χ3v) is 4.82. The van der Waals surface area contributed by atoms with Crippen LogP contribution in [0, 0.1) is 19.3 Å². The summed E-state index contributed by atoms with van der Waals surface area (Å²) in [6.07, 6.45) is 2.79. The van der Waals surface area contributed by atoms with Crippen molar-refractivity contribution >= 4 is 5.69 Å². The van der Waals surface area contributed by atoms with Gasteiger partial charge >= 0.3 is 0 Å². The molecule has 1 aliphatic heterocycles. The van der Waals surface area contributed by atoms with Crippen LogP contribution in [0.15, 0.2) is 18.2 Å². The molecule has 1 spiro atoms. The number of benzene rings is 1. The van der Waals surface area contributed by atoms with Crippen LogP contribution in [0.3, 0.4) is 0 Å². The average molecular weight is 244 g/mol. The summed E-state index contributed by atoms with van der Waals surface area (Å²) in [4.78, 5) is 2.63. The minimum Gasteiger partial charge on any atom is -0.367 e. The first-order valence-electron chi connectivity index (χ1n) is 7.15. The van der Waals surface area contributed by atoms with E-state index in [0.717, 1.165) is 6.54 Å². The monoisotopic (exact) mass is 244 g/mol. The summed E-state index contributed by atoms with van der Waals surface area (Å²) in [5, 5.41) is 3.64. The van der Waals surface area contributed by atoms with Crippen molar-refractivity contribution < 1.29 is 0 Å². The molecule has 1 saturated carbocycles. The van der Waals surface area contributed by atoms with Crippen LogP contribution in [0.4, 0.5) is 5.69 Å². The van der Waals surface area contributed by atoms with Crippen molar-refractivity contribution in [1.82, 2.24) is 5.32 Å². The van der Waals surface area contributed by atoms with E-state index in [1.54, 1.807) is 0 Å². The number of nitrogens with one attached hydrogen (secondary N) is 1. The second-order valence-corrected chi connectivity index (χ2v) is 6.33. The largest absolute Gasteiger partial charge is 0.367 e. The second kappa shape index (κ2) is 4.27. The molecule has 0 bridgehead atoms. The Morgan fingerprint density at radius 3 is 2.78 bits per heavy atom. The van der Waals surface area contributed by atoms with Crippen LogP contribution in [0.5, 0.6) is 0 Å². The first kappa shape index (κ1) is 12.0. The molecule has 1 aromatic carbocycles. The van der Waals surface area contributed by atoms with Gasteiger partial charge in [-0.25, -0.2) is 0 Å². The Balaban J connectivity index is 1.94. The number of rotatable bonds is 1. The topological polar surface area (TPSA) is 15.3 Å². The highest BCUT2D eigenvalue weighted by Gasteiger charge is 2.45. The molecule has 1 saturated heterocycles. The summed E-state index contributed by atoms with van der Waals surface area (Å²) < 4.78 is 0. The predicted octanol–water partition coefficient (Wildman–Crippen LogP) is 2.88. The molecule has 0 amide bonds. The van der Waals surface area contributed by atoms with Crippen LogP contribution in [0.1, 0.15) is 30.9 Å². The minimum absolute atomic E-state index is 0.570. The van der Waals surface area contributed by atoms with Gasteiger partial charge in [-0.15, -0.1) is 0 Å². The highest BCUT2D eigenvalue weighted by molar-refractivity contribution is 5.57. The Bertz CT molecular complexity index is 448. The molecular formula is C16H24N2. The van der Waals surface area contributed by atoms with Gasteiger partial charge in [0.25, 0.3) is 0 Å². The van der Waals surface area contributed by atoms with Gasteiger partial charge in [-0.3, -0.25) is 0 Å². The van der Waals surface area contributed by atoms with Crippen molar-refractivity contribution in [2.24, 2.45) is 5.41 Å². The van der Waals surface area contributed by atoms with E-state index in [1.807, 2.05) is 0 Å². The molecule has 1 heterocycles. The zero-order valence-electron chi connectivity index (χ0n) is 11.8. The number of anilines is 1. The highest BCUT2D eigenvalue weighted by atomic mass is 15.2. The summed E-state index contributed by atoms with van der Waals surface area (Å²) >= 11 is 0. The maximum absolute atomic E-state index is 3.64. The van der Waals surface area contributed by atoms with Gasteiger partial charge in [-0.1, -0.05) is 12.1 Å². The fraction of sp³-hybridized carbons (Fsp3) is 0.625. The molecule has 2 nitrogen and oxygen atoms in total. The van der Waals surface area contributed by atoms with E-state index < -0.39 is 0 Å². The zero-order chi connectivity index (χ0) is 12.8. The molecule has 1 atom stereocenters. The van der Waals surface area contributed by atoms with Crippen molar-refractivity contribution in [1.29, 1.82) is 0 Å². The van der Waals surface area contributed by atoms with Crippen molar-refractivity contribution in [3.05, 3.63) is 29.3 Å². The van der Waals surface area contributed by atoms with Crippen molar-refractivity contribution in [2.75, 3.05) is 24.5 Å². The third-order valence-electron chi connectivity index (χ3n) is 4.82. The first-order chi connectivity index (χ1) is 8.61. The molecule has 1 unspecified atom stereocenters. The number of nitrogens with zero attached hydrogens (tertiary/aromatic N) is 1. The summed E-state index contributed by atoms with van der Waals surface area (Å²) in [6.45, 7) is 10.4. The summed E-state index contributed by atoms with van der Waals surface area (Å²) in [5.74, 6) is 0. The van der Waals surface area contributed by atoms with Crippen LogP contribution in [-0.4, -0.2) is 25.7 Å². The zero-order valence-corrected chi connectivity index (χ0v) is 11.8. The molecule has 0 aromatic heterocycles. The molecule has 2 aliphatic rings. The lowest BCUT2D eigenvalue weighted by Gasteiger charge is -2.33. The highest BCUT2D eigenvalue weighted by Crippen LogP contribution is 2.47.